The van der Waals surface area contributed by atoms with Gasteiger partial charge in [0.25, 0.3) is 5.91 Å². The summed E-state index contributed by atoms with van der Waals surface area (Å²) in [5, 5.41) is 4.52. The Morgan fingerprint density at radius 3 is 2.35 bits per heavy atom. The minimum absolute atomic E-state index is 0.343. The van der Waals surface area contributed by atoms with E-state index >= 15 is 0 Å². The number of hydrazone groups is 1. The van der Waals surface area contributed by atoms with Gasteiger partial charge in [-0.1, -0.05) is 11.6 Å². The van der Waals surface area contributed by atoms with Gasteiger partial charge in [-0.2, -0.15) is 5.10 Å². The van der Waals surface area contributed by atoms with Crippen LogP contribution in [-0.4, -0.2) is 25.3 Å². The van der Waals surface area contributed by atoms with Gasteiger partial charge in [0.05, 0.1) is 13.3 Å². The first-order valence-electron chi connectivity index (χ1n) is 6.97. The molecule has 0 aromatic heterocycles. The number of hydrogen-bond donors (Lipinski definition) is 1. The van der Waals surface area contributed by atoms with E-state index in [0.717, 1.165) is 11.3 Å². The highest BCUT2D eigenvalue weighted by molar-refractivity contribution is 6.30. The molecule has 0 heterocycles. The van der Waals surface area contributed by atoms with Crippen LogP contribution in [0.5, 0.6) is 11.5 Å². The van der Waals surface area contributed by atoms with E-state index < -0.39 is 6.10 Å². The van der Waals surface area contributed by atoms with Crippen molar-refractivity contribution in [2.75, 3.05) is 7.11 Å². The predicted molar refractivity (Wildman–Crippen MR) is 90.3 cm³/mol. The molecule has 2 aromatic rings. The summed E-state index contributed by atoms with van der Waals surface area (Å²) in [5.74, 6) is 0.983. The lowest BCUT2D eigenvalue weighted by Gasteiger charge is -2.12. The summed E-state index contributed by atoms with van der Waals surface area (Å²) >= 11 is 5.79. The molecule has 120 valence electrons. The monoisotopic (exact) mass is 332 g/mol. The number of methoxy groups -OCH3 is 1. The van der Waals surface area contributed by atoms with Gasteiger partial charge >= 0.3 is 0 Å². The van der Waals surface area contributed by atoms with Crippen LogP contribution in [-0.2, 0) is 4.79 Å². The molecule has 1 amide bonds. The van der Waals surface area contributed by atoms with E-state index in [-0.39, 0.29) is 5.91 Å². The molecular formula is C17H17ClN2O3. The Kier molecular flexibility index (Phi) is 6.00. The van der Waals surface area contributed by atoms with Crippen LogP contribution >= 0.6 is 11.6 Å². The summed E-state index contributed by atoms with van der Waals surface area (Å²) < 4.78 is 10.6. The summed E-state index contributed by atoms with van der Waals surface area (Å²) in [4.78, 5) is 11.9. The molecule has 1 atom stereocenters. The molecule has 0 aliphatic carbocycles. The van der Waals surface area contributed by atoms with E-state index in [2.05, 4.69) is 10.5 Å². The van der Waals surface area contributed by atoms with Crippen molar-refractivity contribution >= 4 is 23.7 Å². The zero-order valence-electron chi connectivity index (χ0n) is 12.8. The number of carbonyl (C=O) groups excluding carboxylic acids is 1. The minimum atomic E-state index is -0.677. The number of hydrogen-bond acceptors (Lipinski definition) is 4. The number of ether oxygens (including phenoxy) is 2. The number of nitrogens with one attached hydrogen (secondary N) is 1. The highest BCUT2D eigenvalue weighted by atomic mass is 35.5. The van der Waals surface area contributed by atoms with Crippen LogP contribution in [0.15, 0.2) is 53.6 Å². The number of amides is 1. The summed E-state index contributed by atoms with van der Waals surface area (Å²) in [6.45, 7) is 1.65. The van der Waals surface area contributed by atoms with Crippen molar-refractivity contribution < 1.29 is 14.3 Å². The van der Waals surface area contributed by atoms with Gasteiger partial charge in [-0.3, -0.25) is 4.79 Å². The third kappa shape index (κ3) is 5.30. The Morgan fingerprint density at radius 2 is 1.74 bits per heavy atom. The first-order chi connectivity index (χ1) is 11.1. The fraction of sp³-hybridized carbons (Fsp3) is 0.176. The van der Waals surface area contributed by atoms with Crippen LogP contribution in [0.25, 0.3) is 0 Å². The van der Waals surface area contributed by atoms with Crippen LogP contribution in [0.1, 0.15) is 12.5 Å². The van der Waals surface area contributed by atoms with Crippen LogP contribution in [0, 0.1) is 0 Å². The van der Waals surface area contributed by atoms with E-state index in [9.17, 15) is 4.79 Å². The fourth-order valence-electron chi connectivity index (χ4n) is 1.72. The molecule has 0 spiro atoms. The topological polar surface area (TPSA) is 59.9 Å². The van der Waals surface area contributed by atoms with Gasteiger partial charge in [0, 0.05) is 5.02 Å². The van der Waals surface area contributed by atoms with Crippen molar-refractivity contribution in [1.29, 1.82) is 0 Å². The molecule has 2 rings (SSSR count). The summed E-state index contributed by atoms with van der Waals surface area (Å²) in [5.41, 5.74) is 3.28. The van der Waals surface area contributed by atoms with Gasteiger partial charge in [-0.15, -0.1) is 0 Å². The Morgan fingerprint density at radius 1 is 1.13 bits per heavy atom. The Bertz CT molecular complexity index is 669. The Balaban J connectivity index is 1.85. The van der Waals surface area contributed by atoms with Crippen LogP contribution in [0.3, 0.4) is 0 Å². The van der Waals surface area contributed by atoms with Crippen LogP contribution in [0.2, 0.25) is 5.02 Å². The molecule has 0 radical (unpaired) electrons. The van der Waals surface area contributed by atoms with Crippen molar-refractivity contribution in [2.45, 2.75) is 13.0 Å². The Hall–Kier alpha value is -2.53. The average molecular weight is 333 g/mol. The SMILES string of the molecule is COc1ccc(/C=N\NC(=O)C(C)Oc2ccc(Cl)cc2)cc1. The van der Waals surface area contributed by atoms with Gasteiger partial charge in [0.2, 0.25) is 0 Å². The number of carbonyl (C=O) groups is 1. The van der Waals surface area contributed by atoms with Crippen molar-refractivity contribution in [3.63, 3.8) is 0 Å². The second-order valence-electron chi connectivity index (χ2n) is 4.72. The lowest BCUT2D eigenvalue weighted by Crippen LogP contribution is -2.33. The molecule has 2 aromatic carbocycles. The molecule has 0 aliphatic rings. The normalized spacial score (nSPS) is 12.0. The lowest BCUT2D eigenvalue weighted by molar-refractivity contribution is -0.127. The van der Waals surface area contributed by atoms with Gasteiger partial charge in [-0.25, -0.2) is 5.43 Å². The molecule has 23 heavy (non-hydrogen) atoms. The molecular weight excluding hydrogens is 316 g/mol. The highest BCUT2D eigenvalue weighted by Gasteiger charge is 2.13. The van der Waals surface area contributed by atoms with Crippen LogP contribution in [0.4, 0.5) is 0 Å². The van der Waals surface area contributed by atoms with Crippen molar-refractivity contribution in [3.05, 3.63) is 59.1 Å². The number of halogens is 1. The second-order valence-corrected chi connectivity index (χ2v) is 5.16. The molecule has 1 unspecified atom stereocenters. The van der Waals surface area contributed by atoms with Gasteiger partial charge in [-0.05, 0) is 61.0 Å². The number of rotatable bonds is 6. The largest absolute Gasteiger partial charge is 0.497 e. The van der Waals surface area contributed by atoms with E-state index in [1.54, 1.807) is 44.5 Å². The predicted octanol–water partition coefficient (Wildman–Crippen LogP) is 3.27. The third-order valence-corrected chi connectivity index (χ3v) is 3.25. The maximum Gasteiger partial charge on any atom is 0.280 e. The molecule has 0 fully saturated rings. The summed E-state index contributed by atoms with van der Waals surface area (Å²) in [7, 11) is 1.60. The zero-order valence-corrected chi connectivity index (χ0v) is 13.6. The maximum absolute atomic E-state index is 11.9. The molecule has 5 nitrogen and oxygen atoms in total. The van der Waals surface area contributed by atoms with Gasteiger partial charge in [0.1, 0.15) is 11.5 Å². The van der Waals surface area contributed by atoms with Crippen molar-refractivity contribution in [1.82, 2.24) is 5.43 Å². The molecule has 6 heteroatoms. The molecule has 0 bridgehead atoms. The highest BCUT2D eigenvalue weighted by Crippen LogP contribution is 2.16. The quantitative estimate of drug-likeness (QED) is 0.652. The zero-order chi connectivity index (χ0) is 16.7. The molecule has 0 aliphatic heterocycles. The Labute approximate surface area is 139 Å². The minimum Gasteiger partial charge on any atom is -0.497 e. The van der Waals surface area contributed by atoms with Gasteiger partial charge in [0.15, 0.2) is 6.10 Å². The summed E-state index contributed by atoms with van der Waals surface area (Å²) in [6.07, 6.45) is 0.871. The van der Waals surface area contributed by atoms with Crippen LogP contribution < -0.4 is 14.9 Å². The first-order valence-corrected chi connectivity index (χ1v) is 7.35. The molecule has 0 saturated heterocycles. The third-order valence-electron chi connectivity index (χ3n) is 3.00. The lowest BCUT2D eigenvalue weighted by atomic mass is 10.2. The maximum atomic E-state index is 11.9. The van der Waals surface area contributed by atoms with Crippen molar-refractivity contribution in [2.24, 2.45) is 5.10 Å². The first kappa shape index (κ1) is 16.8. The smallest absolute Gasteiger partial charge is 0.280 e. The summed E-state index contributed by atoms with van der Waals surface area (Å²) in [6, 6.07) is 14.1. The standard InChI is InChI=1S/C17H17ClN2O3/c1-12(23-16-9-5-14(18)6-10-16)17(21)20-19-11-13-3-7-15(22-2)8-4-13/h3-12H,1-2H3,(H,20,21)/b19-11-. The van der Waals surface area contributed by atoms with Crippen molar-refractivity contribution in [3.8, 4) is 11.5 Å². The fourth-order valence-corrected chi connectivity index (χ4v) is 1.85. The van der Waals surface area contributed by atoms with Gasteiger partial charge < -0.3 is 9.47 Å². The van der Waals surface area contributed by atoms with E-state index in [0.29, 0.717) is 10.8 Å². The average Bonchev–Trinajstić information content (AvgIpc) is 2.57. The number of benzene rings is 2. The number of nitrogens with zero attached hydrogens (tertiary/aromatic N) is 1. The molecule has 1 N–H and O–H groups in total. The second kappa shape index (κ2) is 8.19. The van der Waals surface area contributed by atoms with E-state index in [4.69, 9.17) is 21.1 Å². The molecule has 0 saturated carbocycles. The van der Waals surface area contributed by atoms with E-state index in [1.165, 1.54) is 0 Å². The van der Waals surface area contributed by atoms with E-state index in [1.807, 2.05) is 24.3 Å².